The van der Waals surface area contributed by atoms with Crippen LogP contribution >= 0.6 is 0 Å². The van der Waals surface area contributed by atoms with Crippen molar-refractivity contribution >= 4 is 18.0 Å². The Labute approximate surface area is 205 Å². The van der Waals surface area contributed by atoms with Crippen molar-refractivity contribution in [3.05, 3.63) is 59.7 Å². The molecule has 2 aromatic rings. The smallest absolute Gasteiger partial charge is 0.407 e. The third kappa shape index (κ3) is 5.32. The molecule has 3 N–H and O–H groups in total. The van der Waals surface area contributed by atoms with E-state index in [-0.39, 0.29) is 12.5 Å². The fraction of sp³-hybridized carbons (Fsp3) is 0.444. The van der Waals surface area contributed by atoms with E-state index in [1.54, 1.807) is 6.92 Å². The third-order valence-corrected chi connectivity index (χ3v) is 7.15. The number of amides is 2. The topological polar surface area (TPSA) is 114 Å². The van der Waals surface area contributed by atoms with Crippen LogP contribution in [0.3, 0.4) is 0 Å². The largest absolute Gasteiger partial charge is 0.480 e. The zero-order valence-corrected chi connectivity index (χ0v) is 20.0. The van der Waals surface area contributed by atoms with Crippen LogP contribution in [0, 0.1) is 5.92 Å². The number of rotatable bonds is 8. The lowest BCUT2D eigenvalue weighted by atomic mass is 9.83. The summed E-state index contributed by atoms with van der Waals surface area (Å²) >= 11 is 0. The summed E-state index contributed by atoms with van der Waals surface area (Å²) in [5.74, 6) is -2.14. The van der Waals surface area contributed by atoms with Crippen molar-refractivity contribution in [1.29, 1.82) is 0 Å². The van der Waals surface area contributed by atoms with E-state index in [1.165, 1.54) is 7.11 Å². The molecule has 1 fully saturated rings. The van der Waals surface area contributed by atoms with E-state index in [0.29, 0.717) is 12.8 Å². The van der Waals surface area contributed by atoms with Crippen LogP contribution in [0.15, 0.2) is 48.5 Å². The van der Waals surface area contributed by atoms with Gasteiger partial charge in [-0.3, -0.25) is 4.79 Å². The molecule has 0 aromatic heterocycles. The molecular weight excluding hydrogens is 448 g/mol. The monoisotopic (exact) mass is 480 g/mol. The molecule has 2 amide bonds. The van der Waals surface area contributed by atoms with Crippen LogP contribution in [0.25, 0.3) is 11.1 Å². The predicted molar refractivity (Wildman–Crippen MR) is 130 cm³/mol. The summed E-state index contributed by atoms with van der Waals surface area (Å²) in [4.78, 5) is 37.3. The fourth-order valence-electron chi connectivity index (χ4n) is 5.19. The molecule has 2 aromatic carbocycles. The molecule has 0 saturated heterocycles. The van der Waals surface area contributed by atoms with E-state index in [0.717, 1.165) is 35.1 Å². The van der Waals surface area contributed by atoms with Crippen LogP contribution in [0.2, 0.25) is 0 Å². The molecule has 4 rings (SSSR count). The van der Waals surface area contributed by atoms with Gasteiger partial charge in [0.1, 0.15) is 6.61 Å². The highest BCUT2D eigenvalue weighted by molar-refractivity contribution is 5.86. The zero-order valence-electron chi connectivity index (χ0n) is 20.0. The standard InChI is InChI=1S/C27H32N2O6/c1-16(34-2)24(26(31)32)29-25(30)21-13-7-8-14-23(21)28-27(33)35-15-22-19-11-5-3-9-17(19)18-10-4-6-12-20(18)22/h3-6,9-12,16,21-24H,7-8,13-15H2,1-2H3,(H,28,33)(H,29,30)(H,31,32)/t16-,21+,23-,24+/m1/s1. The Morgan fingerprint density at radius 1 is 1.00 bits per heavy atom. The maximum absolute atomic E-state index is 12.9. The normalized spacial score (nSPS) is 20.7. The summed E-state index contributed by atoms with van der Waals surface area (Å²) in [6.45, 7) is 1.78. The highest BCUT2D eigenvalue weighted by atomic mass is 16.5. The number of carbonyl (C=O) groups is 3. The summed E-state index contributed by atoms with van der Waals surface area (Å²) < 4.78 is 10.7. The molecular formula is C27H32N2O6. The maximum Gasteiger partial charge on any atom is 0.407 e. The minimum absolute atomic E-state index is 0.0505. The van der Waals surface area contributed by atoms with Crippen molar-refractivity contribution in [2.24, 2.45) is 5.92 Å². The van der Waals surface area contributed by atoms with Gasteiger partial charge in [0.2, 0.25) is 5.91 Å². The predicted octanol–water partition coefficient (Wildman–Crippen LogP) is 3.69. The lowest BCUT2D eigenvalue weighted by Gasteiger charge is -2.32. The van der Waals surface area contributed by atoms with Crippen molar-refractivity contribution in [2.45, 2.75) is 56.7 Å². The van der Waals surface area contributed by atoms with Crippen molar-refractivity contribution in [1.82, 2.24) is 10.6 Å². The lowest BCUT2D eigenvalue weighted by molar-refractivity contribution is -0.146. The molecule has 0 unspecified atom stereocenters. The molecule has 35 heavy (non-hydrogen) atoms. The van der Waals surface area contributed by atoms with E-state index in [2.05, 4.69) is 34.9 Å². The van der Waals surface area contributed by atoms with Crippen molar-refractivity contribution in [2.75, 3.05) is 13.7 Å². The summed E-state index contributed by atoms with van der Waals surface area (Å²) in [7, 11) is 1.40. The molecule has 0 bridgehead atoms. The Hall–Kier alpha value is -3.39. The molecule has 4 atom stereocenters. The van der Waals surface area contributed by atoms with E-state index < -0.39 is 42.1 Å². The minimum Gasteiger partial charge on any atom is -0.480 e. The quantitative estimate of drug-likeness (QED) is 0.531. The number of nitrogens with one attached hydrogen (secondary N) is 2. The summed E-state index contributed by atoms with van der Waals surface area (Å²) in [6.07, 6.45) is 1.63. The average Bonchev–Trinajstić information content (AvgIpc) is 3.19. The van der Waals surface area contributed by atoms with Crippen LogP contribution in [-0.2, 0) is 19.1 Å². The first kappa shape index (κ1) is 24.7. The van der Waals surface area contributed by atoms with Gasteiger partial charge < -0.3 is 25.2 Å². The van der Waals surface area contributed by atoms with Crippen molar-refractivity contribution < 1.29 is 29.0 Å². The maximum atomic E-state index is 12.9. The Morgan fingerprint density at radius 3 is 2.20 bits per heavy atom. The molecule has 2 aliphatic carbocycles. The minimum atomic E-state index is -1.16. The Morgan fingerprint density at radius 2 is 1.60 bits per heavy atom. The highest BCUT2D eigenvalue weighted by Gasteiger charge is 2.36. The number of hydrogen-bond acceptors (Lipinski definition) is 5. The number of methoxy groups -OCH3 is 1. The molecule has 0 heterocycles. The molecule has 2 aliphatic rings. The second kappa shape index (κ2) is 10.9. The molecule has 8 nitrogen and oxygen atoms in total. The third-order valence-electron chi connectivity index (χ3n) is 7.15. The van der Waals surface area contributed by atoms with Gasteiger partial charge in [0.15, 0.2) is 6.04 Å². The van der Waals surface area contributed by atoms with E-state index in [1.807, 2.05) is 24.3 Å². The van der Waals surface area contributed by atoms with E-state index in [9.17, 15) is 19.5 Å². The SMILES string of the molecule is CO[C@H](C)[C@H](NC(=O)[C@H]1CCCC[C@H]1NC(=O)OCC1c2ccccc2-c2ccccc21)C(=O)O. The Balaban J connectivity index is 1.39. The summed E-state index contributed by atoms with van der Waals surface area (Å²) in [6, 6.07) is 14.7. The van der Waals surface area contributed by atoms with Gasteiger partial charge in [0.05, 0.1) is 12.0 Å². The number of benzene rings is 2. The molecule has 0 spiro atoms. The van der Waals surface area contributed by atoms with Gasteiger partial charge in [0, 0.05) is 19.1 Å². The second-order valence-corrected chi connectivity index (χ2v) is 9.23. The zero-order chi connectivity index (χ0) is 24.9. The van der Waals surface area contributed by atoms with Crippen LogP contribution in [0.1, 0.15) is 49.7 Å². The second-order valence-electron chi connectivity index (χ2n) is 9.23. The van der Waals surface area contributed by atoms with E-state index in [4.69, 9.17) is 9.47 Å². The average molecular weight is 481 g/mol. The van der Waals surface area contributed by atoms with Crippen LogP contribution in [0.5, 0.6) is 0 Å². The number of carbonyl (C=O) groups excluding carboxylic acids is 2. The molecule has 186 valence electrons. The summed E-state index contributed by atoms with van der Waals surface area (Å²) in [5.41, 5.74) is 4.56. The first-order chi connectivity index (χ1) is 16.9. The van der Waals surface area contributed by atoms with Crippen LogP contribution < -0.4 is 10.6 Å². The van der Waals surface area contributed by atoms with Crippen LogP contribution in [-0.4, -0.2) is 55.0 Å². The van der Waals surface area contributed by atoms with Crippen LogP contribution in [0.4, 0.5) is 4.79 Å². The van der Waals surface area contributed by atoms with E-state index >= 15 is 0 Å². The number of ether oxygens (including phenoxy) is 2. The van der Waals surface area contributed by atoms with Gasteiger partial charge >= 0.3 is 12.1 Å². The molecule has 1 saturated carbocycles. The number of alkyl carbamates (subject to hydrolysis) is 1. The Kier molecular flexibility index (Phi) is 7.70. The van der Waals surface area contributed by atoms with Crippen molar-refractivity contribution in [3.8, 4) is 11.1 Å². The fourth-order valence-corrected chi connectivity index (χ4v) is 5.19. The van der Waals surface area contributed by atoms with Gasteiger partial charge in [0.25, 0.3) is 0 Å². The first-order valence-corrected chi connectivity index (χ1v) is 12.1. The molecule has 0 radical (unpaired) electrons. The number of aliphatic carboxylic acids is 1. The molecule has 0 aliphatic heterocycles. The number of carboxylic acid groups (broad SMARTS) is 1. The van der Waals surface area contributed by atoms with Crippen molar-refractivity contribution in [3.63, 3.8) is 0 Å². The van der Waals surface area contributed by atoms with Gasteiger partial charge in [-0.1, -0.05) is 61.4 Å². The lowest BCUT2D eigenvalue weighted by Crippen LogP contribution is -2.54. The first-order valence-electron chi connectivity index (χ1n) is 12.1. The molecule has 8 heteroatoms. The highest BCUT2D eigenvalue weighted by Crippen LogP contribution is 2.44. The van der Waals surface area contributed by atoms with Gasteiger partial charge in [-0.25, -0.2) is 9.59 Å². The Bertz CT molecular complexity index is 1040. The summed E-state index contributed by atoms with van der Waals surface area (Å²) in [5, 5.41) is 14.9. The number of fused-ring (bicyclic) bond motifs is 3. The van der Waals surface area contributed by atoms with Gasteiger partial charge in [-0.2, -0.15) is 0 Å². The number of hydrogen-bond donors (Lipinski definition) is 3. The number of carboxylic acids is 1. The van der Waals surface area contributed by atoms with Gasteiger partial charge in [-0.05, 0) is 42.0 Å². The van der Waals surface area contributed by atoms with Gasteiger partial charge in [-0.15, -0.1) is 0 Å².